The van der Waals surface area contributed by atoms with Crippen LogP contribution >= 0.6 is 11.3 Å². The molecule has 1 N–H and O–H groups in total. The van der Waals surface area contributed by atoms with E-state index in [4.69, 9.17) is 4.79 Å². The molecule has 1 atom stereocenters. The molecular weight excluding hydrogens is 341 g/mol. The summed E-state index contributed by atoms with van der Waals surface area (Å²) >= 11 is 1.70. The van der Waals surface area contributed by atoms with Crippen molar-refractivity contribution in [2.45, 2.75) is 32.7 Å². The van der Waals surface area contributed by atoms with Crippen LogP contribution in [0, 0.1) is 11.7 Å². The lowest BCUT2D eigenvalue weighted by atomic mass is 9.94. The maximum Gasteiger partial charge on any atom is 0.182 e. The number of hydrogen-bond donors (Lipinski definition) is 1. The lowest BCUT2D eigenvalue weighted by molar-refractivity contribution is -0.106. The maximum atomic E-state index is 12.9. The summed E-state index contributed by atoms with van der Waals surface area (Å²) in [6.45, 7) is 4.54. The normalized spacial score (nSPS) is 17.5. The number of aldehydes is 1. The van der Waals surface area contributed by atoms with Gasteiger partial charge in [0.25, 0.3) is 0 Å². The Morgan fingerprint density at radius 3 is 2.72 bits per heavy atom. The van der Waals surface area contributed by atoms with Gasteiger partial charge in [0.1, 0.15) is 12.1 Å². The first-order chi connectivity index (χ1) is 12.1. The van der Waals surface area contributed by atoms with Crippen LogP contribution in [-0.4, -0.2) is 46.3 Å². The van der Waals surface area contributed by atoms with Crippen LogP contribution in [0.1, 0.15) is 30.5 Å². The van der Waals surface area contributed by atoms with E-state index in [0.29, 0.717) is 5.92 Å². The first-order valence-corrected chi connectivity index (χ1v) is 9.17. The Kier molecular flexibility index (Phi) is 7.87. The van der Waals surface area contributed by atoms with Crippen molar-refractivity contribution in [3.63, 3.8) is 0 Å². The molecule has 1 fully saturated rings. The fourth-order valence-corrected chi connectivity index (χ4v) is 3.69. The van der Waals surface area contributed by atoms with E-state index in [-0.39, 0.29) is 5.82 Å². The van der Waals surface area contributed by atoms with E-state index in [1.165, 1.54) is 37.0 Å². The number of rotatable bonds is 5. The lowest BCUT2D eigenvalue weighted by Gasteiger charge is -2.32. The van der Waals surface area contributed by atoms with Crippen molar-refractivity contribution in [2.24, 2.45) is 5.92 Å². The van der Waals surface area contributed by atoms with Gasteiger partial charge in [0.2, 0.25) is 0 Å². The van der Waals surface area contributed by atoms with Gasteiger partial charge < -0.3 is 10.1 Å². The van der Waals surface area contributed by atoms with Gasteiger partial charge in [-0.3, -0.25) is 4.90 Å². The quantitative estimate of drug-likeness (QED) is 0.822. The van der Waals surface area contributed by atoms with E-state index in [2.05, 4.69) is 25.2 Å². The Hall–Kier alpha value is -1.93. The number of nitrogens with one attached hydrogen (secondary N) is 1. The summed E-state index contributed by atoms with van der Waals surface area (Å²) in [7, 11) is 1.89. The predicted octanol–water partition coefficient (Wildman–Crippen LogP) is 2.77. The van der Waals surface area contributed by atoms with Gasteiger partial charge in [-0.25, -0.2) is 19.3 Å². The highest BCUT2D eigenvalue weighted by atomic mass is 32.1. The largest absolute Gasteiger partial charge is 0.365 e. The molecule has 25 heavy (non-hydrogen) atoms. The first kappa shape index (κ1) is 19.4. The zero-order chi connectivity index (χ0) is 18.1. The molecule has 2 aromatic heterocycles. The van der Waals surface area contributed by atoms with Crippen LogP contribution in [0.2, 0.25) is 0 Å². The molecule has 1 saturated heterocycles. The van der Waals surface area contributed by atoms with Gasteiger partial charge in [-0.2, -0.15) is 0 Å². The van der Waals surface area contributed by atoms with Gasteiger partial charge in [-0.15, -0.1) is 11.3 Å². The average molecular weight is 365 g/mol. The van der Waals surface area contributed by atoms with Crippen LogP contribution in [0.3, 0.4) is 0 Å². The van der Waals surface area contributed by atoms with E-state index < -0.39 is 0 Å². The highest BCUT2D eigenvalue weighted by molar-refractivity contribution is 7.15. The second-order valence-electron chi connectivity index (χ2n) is 5.88. The second-order valence-corrected chi connectivity index (χ2v) is 7.00. The minimum absolute atomic E-state index is 0.375. The van der Waals surface area contributed by atoms with Crippen LogP contribution in [0.25, 0.3) is 0 Å². The SMILES string of the molecule is CC=O.CNc1ncc(CN2CCCC(Cc3ncc(F)cn3)C2)s1. The maximum absolute atomic E-state index is 12.9. The Bertz CT molecular complexity index is 649. The van der Waals surface area contributed by atoms with Crippen LogP contribution in [0.5, 0.6) is 0 Å². The minimum atomic E-state index is -0.375. The Morgan fingerprint density at radius 2 is 2.08 bits per heavy atom. The number of hydrogen-bond acceptors (Lipinski definition) is 7. The molecule has 1 aliphatic rings. The number of aromatic nitrogens is 3. The van der Waals surface area contributed by atoms with Crippen LogP contribution in [-0.2, 0) is 17.8 Å². The fraction of sp³-hybridized carbons (Fsp3) is 0.529. The van der Waals surface area contributed by atoms with Crippen molar-refractivity contribution in [1.29, 1.82) is 0 Å². The van der Waals surface area contributed by atoms with Crippen molar-refractivity contribution in [3.8, 4) is 0 Å². The van der Waals surface area contributed by atoms with E-state index >= 15 is 0 Å². The molecule has 0 saturated carbocycles. The van der Waals surface area contributed by atoms with E-state index in [1.807, 2.05) is 13.2 Å². The van der Waals surface area contributed by atoms with Crippen molar-refractivity contribution in [3.05, 3.63) is 35.1 Å². The Balaban J connectivity index is 0.000000701. The standard InChI is InChI=1S/C15H20FN5S.C2H4O/c1-17-15-20-8-13(22-15)10-21-4-2-3-11(9-21)5-14-18-6-12(16)7-19-14;1-2-3/h6-8,11H,2-5,9-10H2,1H3,(H,17,20);2H,1H3. The van der Waals surface area contributed by atoms with Gasteiger partial charge >= 0.3 is 0 Å². The molecule has 2 aromatic rings. The molecule has 1 aliphatic heterocycles. The number of likely N-dealkylation sites (tertiary alicyclic amines) is 1. The smallest absolute Gasteiger partial charge is 0.182 e. The summed E-state index contributed by atoms with van der Waals surface area (Å²) in [5, 5.41) is 4.03. The van der Waals surface area contributed by atoms with Crippen LogP contribution < -0.4 is 5.32 Å². The van der Waals surface area contributed by atoms with Crippen molar-refractivity contribution >= 4 is 22.8 Å². The first-order valence-electron chi connectivity index (χ1n) is 8.35. The minimum Gasteiger partial charge on any atom is -0.365 e. The number of anilines is 1. The number of carbonyl (C=O) groups excluding carboxylic acids is 1. The van der Waals surface area contributed by atoms with Crippen molar-refractivity contribution < 1.29 is 9.18 Å². The van der Waals surface area contributed by atoms with Crippen LogP contribution in [0.4, 0.5) is 9.52 Å². The molecule has 6 nitrogen and oxygen atoms in total. The number of nitrogens with zero attached hydrogens (tertiary/aromatic N) is 4. The Labute approximate surface area is 151 Å². The number of carbonyl (C=O) groups is 1. The molecule has 0 aliphatic carbocycles. The number of halogens is 1. The highest BCUT2D eigenvalue weighted by Gasteiger charge is 2.21. The molecule has 0 radical (unpaired) electrons. The number of thiazole rings is 1. The van der Waals surface area contributed by atoms with Crippen molar-refractivity contribution in [1.82, 2.24) is 19.9 Å². The van der Waals surface area contributed by atoms with Gasteiger partial charge in [-0.1, -0.05) is 0 Å². The zero-order valence-electron chi connectivity index (χ0n) is 14.6. The predicted molar refractivity (Wildman–Crippen MR) is 97.1 cm³/mol. The summed E-state index contributed by atoms with van der Waals surface area (Å²) in [6, 6.07) is 0. The molecule has 0 amide bonds. The molecule has 136 valence electrons. The highest BCUT2D eigenvalue weighted by Crippen LogP contribution is 2.24. The monoisotopic (exact) mass is 365 g/mol. The topological polar surface area (TPSA) is 71.0 Å². The van der Waals surface area contributed by atoms with Crippen molar-refractivity contribution in [2.75, 3.05) is 25.5 Å². The molecular formula is C17H24FN5OS. The van der Waals surface area contributed by atoms with Crippen LogP contribution in [0.15, 0.2) is 18.6 Å². The third kappa shape index (κ3) is 6.47. The summed E-state index contributed by atoms with van der Waals surface area (Å²) in [4.78, 5) is 25.0. The van der Waals surface area contributed by atoms with Gasteiger partial charge in [-0.05, 0) is 32.2 Å². The fourth-order valence-electron chi connectivity index (χ4n) is 2.88. The van der Waals surface area contributed by atoms with Gasteiger partial charge in [0.05, 0.1) is 12.4 Å². The summed E-state index contributed by atoms with van der Waals surface area (Å²) in [5.74, 6) is 0.902. The number of piperidine rings is 1. The summed E-state index contributed by atoms with van der Waals surface area (Å²) in [5.41, 5.74) is 0. The third-order valence-electron chi connectivity index (χ3n) is 3.90. The summed E-state index contributed by atoms with van der Waals surface area (Å²) < 4.78 is 12.9. The molecule has 0 spiro atoms. The Morgan fingerprint density at radius 1 is 1.36 bits per heavy atom. The second kappa shape index (κ2) is 10.1. The summed E-state index contributed by atoms with van der Waals surface area (Å²) in [6.07, 6.45) is 8.38. The molecule has 8 heteroatoms. The van der Waals surface area contributed by atoms with E-state index in [0.717, 1.165) is 43.3 Å². The third-order valence-corrected chi connectivity index (χ3v) is 4.89. The van der Waals surface area contributed by atoms with E-state index in [1.54, 1.807) is 11.3 Å². The zero-order valence-corrected chi connectivity index (χ0v) is 15.4. The molecule has 3 heterocycles. The molecule has 1 unspecified atom stereocenters. The molecule has 0 aromatic carbocycles. The van der Waals surface area contributed by atoms with E-state index in [9.17, 15) is 4.39 Å². The van der Waals surface area contributed by atoms with Gasteiger partial charge in [0.15, 0.2) is 10.9 Å². The molecule has 0 bridgehead atoms. The lowest BCUT2D eigenvalue weighted by Crippen LogP contribution is -2.35. The average Bonchev–Trinajstić information content (AvgIpc) is 3.06. The van der Waals surface area contributed by atoms with Gasteiger partial charge in [0, 0.05) is 37.6 Å². The molecule has 3 rings (SSSR count).